The zero-order valence-electron chi connectivity index (χ0n) is 13.2. The number of nitrogens with zero attached hydrogens (tertiary/aromatic N) is 3. The number of anilines is 1. The van der Waals surface area contributed by atoms with Crippen LogP contribution in [-0.2, 0) is 6.54 Å². The van der Waals surface area contributed by atoms with Gasteiger partial charge >= 0.3 is 0 Å². The maximum absolute atomic E-state index is 12.1. The van der Waals surface area contributed by atoms with Crippen molar-refractivity contribution in [3.05, 3.63) is 47.8 Å². The molecule has 1 aliphatic rings. The van der Waals surface area contributed by atoms with Crippen LogP contribution in [0.1, 0.15) is 28.8 Å². The second kappa shape index (κ2) is 7.09. The molecule has 1 aromatic carbocycles. The number of methoxy groups -OCH3 is 1. The number of benzene rings is 1. The first-order chi connectivity index (χ1) is 11.3. The van der Waals surface area contributed by atoms with Gasteiger partial charge in [0.25, 0.3) is 5.91 Å². The molecule has 1 amide bonds. The van der Waals surface area contributed by atoms with Gasteiger partial charge in [0.1, 0.15) is 5.75 Å². The molecule has 0 bridgehead atoms. The van der Waals surface area contributed by atoms with Gasteiger partial charge in [-0.25, -0.2) is 9.97 Å². The highest BCUT2D eigenvalue weighted by Crippen LogP contribution is 2.15. The van der Waals surface area contributed by atoms with E-state index in [2.05, 4.69) is 20.2 Å². The van der Waals surface area contributed by atoms with Gasteiger partial charge < -0.3 is 15.0 Å². The number of hydrogen-bond donors (Lipinski definition) is 1. The fraction of sp³-hybridized carbons (Fsp3) is 0.353. The van der Waals surface area contributed by atoms with Gasteiger partial charge in [0.05, 0.1) is 12.7 Å². The molecule has 1 N–H and O–H groups in total. The van der Waals surface area contributed by atoms with E-state index in [9.17, 15) is 4.79 Å². The van der Waals surface area contributed by atoms with E-state index in [1.807, 2.05) is 24.3 Å². The van der Waals surface area contributed by atoms with Crippen molar-refractivity contribution in [2.24, 2.45) is 0 Å². The first-order valence-electron chi connectivity index (χ1n) is 7.74. The van der Waals surface area contributed by atoms with Crippen LogP contribution in [0.25, 0.3) is 0 Å². The molecule has 3 rings (SSSR count). The minimum Gasteiger partial charge on any atom is -0.497 e. The van der Waals surface area contributed by atoms with E-state index >= 15 is 0 Å². The Morgan fingerprint density at radius 1 is 1.17 bits per heavy atom. The highest BCUT2D eigenvalue weighted by atomic mass is 16.5. The fourth-order valence-electron chi connectivity index (χ4n) is 2.55. The standard InChI is InChI=1S/C17H20N4O2/c1-23-15-6-4-13(5-7-15)10-18-16(22)14-11-19-17(20-12-14)21-8-2-3-9-21/h4-7,11-12H,2-3,8-10H2,1H3,(H,18,22). The normalized spacial score (nSPS) is 13.9. The van der Waals surface area contributed by atoms with Gasteiger partial charge in [-0.2, -0.15) is 0 Å². The molecule has 0 aliphatic carbocycles. The maximum atomic E-state index is 12.1. The van der Waals surface area contributed by atoms with Crippen LogP contribution in [0.15, 0.2) is 36.7 Å². The number of rotatable bonds is 5. The fourth-order valence-corrected chi connectivity index (χ4v) is 2.55. The van der Waals surface area contributed by atoms with E-state index in [1.54, 1.807) is 19.5 Å². The van der Waals surface area contributed by atoms with Crippen LogP contribution in [0.5, 0.6) is 5.75 Å². The molecule has 0 radical (unpaired) electrons. The molecule has 120 valence electrons. The average Bonchev–Trinajstić information content (AvgIpc) is 3.15. The minimum absolute atomic E-state index is 0.172. The summed E-state index contributed by atoms with van der Waals surface area (Å²) in [6, 6.07) is 7.59. The summed E-state index contributed by atoms with van der Waals surface area (Å²) in [5.74, 6) is 1.33. The Morgan fingerprint density at radius 3 is 2.43 bits per heavy atom. The van der Waals surface area contributed by atoms with E-state index in [0.29, 0.717) is 18.1 Å². The summed E-state index contributed by atoms with van der Waals surface area (Å²) >= 11 is 0. The summed E-state index contributed by atoms with van der Waals surface area (Å²) in [7, 11) is 1.63. The third-order valence-corrected chi connectivity index (χ3v) is 3.90. The van der Waals surface area contributed by atoms with Crippen molar-refractivity contribution < 1.29 is 9.53 Å². The van der Waals surface area contributed by atoms with Crippen molar-refractivity contribution in [2.75, 3.05) is 25.1 Å². The summed E-state index contributed by atoms with van der Waals surface area (Å²) in [6.45, 7) is 2.43. The summed E-state index contributed by atoms with van der Waals surface area (Å²) in [5, 5.41) is 2.87. The molecule has 1 saturated heterocycles. The van der Waals surface area contributed by atoms with Gasteiger partial charge in [0.15, 0.2) is 0 Å². The van der Waals surface area contributed by atoms with Crippen LogP contribution in [-0.4, -0.2) is 36.1 Å². The van der Waals surface area contributed by atoms with Gasteiger partial charge in [-0.05, 0) is 30.5 Å². The number of carbonyl (C=O) groups is 1. The van der Waals surface area contributed by atoms with Gasteiger partial charge in [0.2, 0.25) is 5.95 Å². The number of amides is 1. The minimum atomic E-state index is -0.172. The first-order valence-corrected chi connectivity index (χ1v) is 7.74. The molecule has 0 spiro atoms. The zero-order valence-corrected chi connectivity index (χ0v) is 13.2. The molecule has 2 aromatic rings. The number of ether oxygens (including phenoxy) is 1. The van der Waals surface area contributed by atoms with Crippen molar-refractivity contribution in [3.63, 3.8) is 0 Å². The van der Waals surface area contributed by atoms with Gasteiger partial charge in [-0.1, -0.05) is 12.1 Å². The lowest BCUT2D eigenvalue weighted by Gasteiger charge is -2.14. The zero-order chi connectivity index (χ0) is 16.1. The van der Waals surface area contributed by atoms with Crippen LogP contribution in [0.4, 0.5) is 5.95 Å². The largest absolute Gasteiger partial charge is 0.497 e. The first kappa shape index (κ1) is 15.3. The maximum Gasteiger partial charge on any atom is 0.254 e. The Balaban J connectivity index is 1.56. The van der Waals surface area contributed by atoms with E-state index in [1.165, 1.54) is 12.8 Å². The molecule has 6 nitrogen and oxygen atoms in total. The Labute approximate surface area is 135 Å². The molecule has 1 aromatic heterocycles. The lowest BCUT2D eigenvalue weighted by molar-refractivity contribution is 0.0950. The molecule has 0 atom stereocenters. The topological polar surface area (TPSA) is 67.3 Å². The number of carbonyl (C=O) groups excluding carboxylic acids is 1. The van der Waals surface area contributed by atoms with Crippen molar-refractivity contribution in [1.29, 1.82) is 0 Å². The van der Waals surface area contributed by atoms with Crippen LogP contribution < -0.4 is 15.0 Å². The average molecular weight is 312 g/mol. The molecule has 23 heavy (non-hydrogen) atoms. The number of hydrogen-bond acceptors (Lipinski definition) is 5. The summed E-state index contributed by atoms with van der Waals surface area (Å²) in [5.41, 5.74) is 1.48. The lowest BCUT2D eigenvalue weighted by atomic mass is 10.2. The molecule has 6 heteroatoms. The Bertz CT molecular complexity index is 649. The van der Waals surface area contributed by atoms with E-state index in [0.717, 1.165) is 24.4 Å². The Morgan fingerprint density at radius 2 is 1.83 bits per heavy atom. The van der Waals surface area contributed by atoms with Crippen LogP contribution >= 0.6 is 0 Å². The SMILES string of the molecule is COc1ccc(CNC(=O)c2cnc(N3CCCC3)nc2)cc1. The monoisotopic (exact) mass is 312 g/mol. The van der Waals surface area contributed by atoms with Crippen molar-refractivity contribution in [1.82, 2.24) is 15.3 Å². The van der Waals surface area contributed by atoms with Crippen LogP contribution in [0.3, 0.4) is 0 Å². The lowest BCUT2D eigenvalue weighted by Crippen LogP contribution is -2.24. The number of nitrogens with one attached hydrogen (secondary N) is 1. The van der Waals surface area contributed by atoms with Gasteiger partial charge in [-0.3, -0.25) is 4.79 Å². The smallest absolute Gasteiger partial charge is 0.254 e. The third kappa shape index (κ3) is 3.77. The van der Waals surface area contributed by atoms with Crippen LogP contribution in [0, 0.1) is 0 Å². The highest BCUT2D eigenvalue weighted by Gasteiger charge is 2.15. The molecule has 0 unspecified atom stereocenters. The third-order valence-electron chi connectivity index (χ3n) is 3.90. The highest BCUT2D eigenvalue weighted by molar-refractivity contribution is 5.93. The summed E-state index contributed by atoms with van der Waals surface area (Å²) in [4.78, 5) is 22.9. The van der Waals surface area contributed by atoms with Gasteiger partial charge in [0, 0.05) is 32.0 Å². The van der Waals surface area contributed by atoms with Gasteiger partial charge in [-0.15, -0.1) is 0 Å². The molecular weight excluding hydrogens is 292 g/mol. The molecule has 2 heterocycles. The van der Waals surface area contributed by atoms with Crippen molar-refractivity contribution in [2.45, 2.75) is 19.4 Å². The second-order valence-electron chi connectivity index (χ2n) is 5.50. The van der Waals surface area contributed by atoms with Crippen molar-refractivity contribution >= 4 is 11.9 Å². The predicted molar refractivity (Wildman–Crippen MR) is 87.6 cm³/mol. The number of aromatic nitrogens is 2. The van der Waals surface area contributed by atoms with Crippen molar-refractivity contribution in [3.8, 4) is 5.75 Å². The molecule has 0 saturated carbocycles. The molecule has 1 aliphatic heterocycles. The quantitative estimate of drug-likeness (QED) is 0.915. The van der Waals surface area contributed by atoms with E-state index < -0.39 is 0 Å². The summed E-state index contributed by atoms with van der Waals surface area (Å²) in [6.07, 6.45) is 5.52. The Kier molecular flexibility index (Phi) is 4.71. The molecular formula is C17H20N4O2. The summed E-state index contributed by atoms with van der Waals surface area (Å²) < 4.78 is 5.11. The second-order valence-corrected chi connectivity index (χ2v) is 5.50. The molecule has 1 fully saturated rings. The van der Waals surface area contributed by atoms with Crippen LogP contribution in [0.2, 0.25) is 0 Å². The van der Waals surface area contributed by atoms with E-state index in [4.69, 9.17) is 4.74 Å². The Hall–Kier alpha value is -2.63. The predicted octanol–water partition coefficient (Wildman–Crippen LogP) is 2.02. The van der Waals surface area contributed by atoms with E-state index in [-0.39, 0.29) is 5.91 Å².